The Labute approximate surface area is 183 Å². The number of rotatable bonds is 2. The lowest BCUT2D eigenvalue weighted by atomic mass is 9.95. The molecule has 0 bridgehead atoms. The van der Waals surface area contributed by atoms with Gasteiger partial charge in [0.2, 0.25) is 0 Å². The summed E-state index contributed by atoms with van der Waals surface area (Å²) in [7, 11) is 0. The summed E-state index contributed by atoms with van der Waals surface area (Å²) in [6.45, 7) is 11.7. The zero-order valence-corrected chi connectivity index (χ0v) is 19.1. The number of hydrogen-bond acceptors (Lipinski definition) is 6. The predicted octanol–water partition coefficient (Wildman–Crippen LogP) is 3.64. The highest BCUT2D eigenvalue weighted by Gasteiger charge is 2.24. The Kier molecular flexibility index (Phi) is 5.01. The number of imidazole rings is 1. The van der Waals surface area contributed by atoms with Gasteiger partial charge in [-0.3, -0.25) is 24.8 Å². The van der Waals surface area contributed by atoms with E-state index in [4.69, 9.17) is 0 Å². The standard InChI is InChI=1S/C22H24N6O2S/c1-11-15-12(2)24-21(22(4,5)6)25-20(15)31-17(11)19(30)27-26-18(29)16-13(3)23-14-9-7-8-10-28(14)16/h7-10H,1-6H3,(H,26,29)(H,27,30). The van der Waals surface area contributed by atoms with E-state index in [1.807, 2.05) is 32.0 Å². The molecule has 0 saturated heterocycles. The quantitative estimate of drug-likeness (QED) is 0.467. The fraction of sp³-hybridized carbons (Fsp3) is 0.318. The molecule has 0 saturated carbocycles. The molecule has 0 fully saturated rings. The zero-order valence-electron chi connectivity index (χ0n) is 18.3. The molecule has 2 amide bonds. The van der Waals surface area contributed by atoms with Crippen molar-refractivity contribution in [3.8, 4) is 0 Å². The van der Waals surface area contributed by atoms with Crippen LogP contribution in [0.2, 0.25) is 0 Å². The van der Waals surface area contributed by atoms with Crippen LogP contribution in [0.25, 0.3) is 15.9 Å². The van der Waals surface area contributed by atoms with E-state index in [1.54, 1.807) is 17.5 Å². The van der Waals surface area contributed by atoms with Crippen LogP contribution in [0, 0.1) is 20.8 Å². The first-order valence-corrected chi connectivity index (χ1v) is 10.7. The number of carbonyl (C=O) groups is 2. The number of nitrogens with one attached hydrogen (secondary N) is 2. The van der Waals surface area contributed by atoms with Gasteiger partial charge in [-0.05, 0) is 38.5 Å². The third-order valence-corrected chi connectivity index (χ3v) is 6.24. The highest BCUT2D eigenvalue weighted by Crippen LogP contribution is 2.33. The monoisotopic (exact) mass is 436 g/mol. The van der Waals surface area contributed by atoms with Gasteiger partial charge in [-0.25, -0.2) is 15.0 Å². The number of fused-ring (bicyclic) bond motifs is 2. The lowest BCUT2D eigenvalue weighted by Crippen LogP contribution is -2.42. The summed E-state index contributed by atoms with van der Waals surface area (Å²) in [5, 5.41) is 0.882. The van der Waals surface area contributed by atoms with E-state index in [-0.39, 0.29) is 5.41 Å². The maximum atomic E-state index is 12.9. The van der Waals surface area contributed by atoms with E-state index >= 15 is 0 Å². The summed E-state index contributed by atoms with van der Waals surface area (Å²) in [5.41, 5.74) is 8.11. The van der Waals surface area contributed by atoms with Crippen LogP contribution in [0.1, 0.15) is 63.7 Å². The van der Waals surface area contributed by atoms with Gasteiger partial charge in [0.1, 0.15) is 22.0 Å². The minimum Gasteiger partial charge on any atom is -0.295 e. The molecule has 0 spiro atoms. The third-order valence-electron chi connectivity index (χ3n) is 5.06. The van der Waals surface area contributed by atoms with Crippen LogP contribution >= 0.6 is 11.3 Å². The highest BCUT2D eigenvalue weighted by molar-refractivity contribution is 7.20. The first-order valence-electron chi connectivity index (χ1n) is 9.90. The van der Waals surface area contributed by atoms with E-state index in [9.17, 15) is 9.59 Å². The molecule has 0 unspecified atom stereocenters. The van der Waals surface area contributed by atoms with Crippen LogP contribution < -0.4 is 10.9 Å². The molecular weight excluding hydrogens is 412 g/mol. The Balaban J connectivity index is 1.60. The Morgan fingerprint density at radius 1 is 0.968 bits per heavy atom. The normalized spacial score (nSPS) is 11.8. The van der Waals surface area contributed by atoms with Gasteiger partial charge in [0.15, 0.2) is 0 Å². The summed E-state index contributed by atoms with van der Waals surface area (Å²) in [5.74, 6) is -0.0894. The molecule has 8 nitrogen and oxygen atoms in total. The molecular formula is C22H24N6O2S. The van der Waals surface area contributed by atoms with Gasteiger partial charge in [0, 0.05) is 17.0 Å². The lowest BCUT2D eigenvalue weighted by Gasteiger charge is -2.16. The summed E-state index contributed by atoms with van der Waals surface area (Å²) in [6, 6.07) is 5.49. The van der Waals surface area contributed by atoms with Crippen LogP contribution in [0.3, 0.4) is 0 Å². The zero-order chi connectivity index (χ0) is 22.5. The number of aromatic nitrogens is 4. The second-order valence-corrected chi connectivity index (χ2v) is 9.50. The Hall–Kier alpha value is -3.33. The summed E-state index contributed by atoms with van der Waals surface area (Å²) >= 11 is 1.30. The molecule has 31 heavy (non-hydrogen) atoms. The lowest BCUT2D eigenvalue weighted by molar-refractivity contribution is 0.0845. The molecule has 0 aliphatic carbocycles. The van der Waals surface area contributed by atoms with Crippen molar-refractivity contribution in [2.24, 2.45) is 0 Å². The molecule has 4 aromatic rings. The van der Waals surface area contributed by atoms with Crippen molar-refractivity contribution in [2.75, 3.05) is 0 Å². The number of amides is 2. The van der Waals surface area contributed by atoms with Crippen molar-refractivity contribution in [2.45, 2.75) is 47.0 Å². The molecule has 0 aromatic carbocycles. The maximum absolute atomic E-state index is 12.9. The van der Waals surface area contributed by atoms with Gasteiger partial charge in [0.25, 0.3) is 11.8 Å². The molecule has 9 heteroatoms. The first kappa shape index (κ1) is 20.9. The van der Waals surface area contributed by atoms with Crippen molar-refractivity contribution >= 4 is 39.0 Å². The Morgan fingerprint density at radius 3 is 2.39 bits per heavy atom. The number of carbonyl (C=O) groups excluding carboxylic acids is 2. The fourth-order valence-electron chi connectivity index (χ4n) is 3.51. The number of thiophene rings is 1. The first-order chi connectivity index (χ1) is 14.6. The molecule has 4 aromatic heterocycles. The minimum atomic E-state index is -0.436. The molecule has 160 valence electrons. The van der Waals surface area contributed by atoms with Crippen molar-refractivity contribution < 1.29 is 9.59 Å². The van der Waals surface area contributed by atoms with Crippen molar-refractivity contribution in [3.63, 3.8) is 0 Å². The van der Waals surface area contributed by atoms with Crippen LogP contribution in [0.15, 0.2) is 24.4 Å². The van der Waals surface area contributed by atoms with Crippen LogP contribution in [0.4, 0.5) is 0 Å². The summed E-state index contributed by atoms with van der Waals surface area (Å²) in [6.07, 6.45) is 1.76. The Bertz CT molecular complexity index is 1350. The molecule has 4 heterocycles. The topological polar surface area (TPSA) is 101 Å². The molecule has 0 aliphatic rings. The molecule has 0 atom stereocenters. The number of nitrogens with zero attached hydrogens (tertiary/aromatic N) is 4. The van der Waals surface area contributed by atoms with Crippen molar-refractivity contribution in [1.82, 2.24) is 30.2 Å². The largest absolute Gasteiger partial charge is 0.295 e. The van der Waals surface area contributed by atoms with Gasteiger partial charge in [-0.1, -0.05) is 26.8 Å². The second kappa shape index (κ2) is 7.42. The van der Waals surface area contributed by atoms with Crippen molar-refractivity contribution in [1.29, 1.82) is 0 Å². The maximum Gasteiger partial charge on any atom is 0.288 e. The van der Waals surface area contributed by atoms with Gasteiger partial charge in [-0.15, -0.1) is 11.3 Å². The molecule has 0 aliphatic heterocycles. The predicted molar refractivity (Wildman–Crippen MR) is 120 cm³/mol. The van der Waals surface area contributed by atoms with Crippen LogP contribution in [-0.2, 0) is 5.41 Å². The average molecular weight is 437 g/mol. The van der Waals surface area contributed by atoms with Crippen molar-refractivity contribution in [3.05, 3.63) is 57.7 Å². The molecule has 2 N–H and O–H groups in total. The van der Waals surface area contributed by atoms with E-state index in [0.29, 0.717) is 21.9 Å². The number of hydrogen-bond donors (Lipinski definition) is 2. The molecule has 4 rings (SSSR count). The van der Waals surface area contributed by atoms with Crippen LogP contribution in [-0.4, -0.2) is 31.2 Å². The van der Waals surface area contributed by atoms with Gasteiger partial charge in [0.05, 0.1) is 16.3 Å². The summed E-state index contributed by atoms with van der Waals surface area (Å²) < 4.78 is 1.69. The van der Waals surface area contributed by atoms with Gasteiger partial charge >= 0.3 is 0 Å². The minimum absolute atomic E-state index is 0.195. The molecule has 0 radical (unpaired) electrons. The number of aryl methyl sites for hydroxylation is 3. The van der Waals surface area contributed by atoms with Crippen LogP contribution in [0.5, 0.6) is 0 Å². The smallest absolute Gasteiger partial charge is 0.288 e. The number of hydrazine groups is 1. The third kappa shape index (κ3) is 3.65. The SMILES string of the molecule is Cc1nc2ccccn2c1C(=O)NNC(=O)c1sc2nc(C(C)(C)C)nc(C)c2c1C. The highest BCUT2D eigenvalue weighted by atomic mass is 32.1. The van der Waals surface area contributed by atoms with E-state index in [2.05, 4.69) is 46.6 Å². The number of pyridine rings is 1. The average Bonchev–Trinajstić information content (AvgIpc) is 3.21. The fourth-order valence-corrected chi connectivity index (χ4v) is 4.63. The van der Waals surface area contributed by atoms with E-state index in [1.165, 1.54) is 11.3 Å². The summed E-state index contributed by atoms with van der Waals surface area (Å²) in [4.78, 5) is 40.6. The van der Waals surface area contributed by atoms with E-state index in [0.717, 1.165) is 27.3 Å². The Morgan fingerprint density at radius 2 is 1.68 bits per heavy atom. The second-order valence-electron chi connectivity index (χ2n) is 8.50. The van der Waals surface area contributed by atoms with E-state index < -0.39 is 11.8 Å². The van der Waals surface area contributed by atoms with Gasteiger partial charge < -0.3 is 0 Å². The van der Waals surface area contributed by atoms with Gasteiger partial charge in [-0.2, -0.15) is 0 Å².